The van der Waals surface area contributed by atoms with E-state index in [2.05, 4.69) is 33.5 Å². The first-order valence-electron chi connectivity index (χ1n) is 10.2. The average Bonchev–Trinajstić information content (AvgIpc) is 3.22. The molecule has 0 atom stereocenters. The minimum Gasteiger partial charge on any atom is -0.489 e. The molecule has 5 rings (SSSR count). The standard InChI is InChI=1S/C26H20N4OS/c32-26-29-28-25(24-12-6-10-21-9-4-5-11-23(21)24)30(26)27-17-19-13-15-22(16-14-19)31-18-20-7-2-1-3-8-20/h1-17H,18H2,(H,29,32)/b27-17+. The fourth-order valence-corrected chi connectivity index (χ4v) is 3.69. The number of benzene rings is 4. The molecular weight excluding hydrogens is 416 g/mol. The number of hydrogen-bond donors (Lipinski definition) is 1. The maximum atomic E-state index is 5.85. The second kappa shape index (κ2) is 8.99. The fourth-order valence-electron chi connectivity index (χ4n) is 3.51. The van der Waals surface area contributed by atoms with Gasteiger partial charge in [0.25, 0.3) is 0 Å². The van der Waals surface area contributed by atoms with E-state index >= 15 is 0 Å². The van der Waals surface area contributed by atoms with E-state index in [4.69, 9.17) is 17.0 Å². The van der Waals surface area contributed by atoms with Crippen LogP contribution in [0.25, 0.3) is 22.2 Å². The molecule has 5 nitrogen and oxygen atoms in total. The van der Waals surface area contributed by atoms with Crippen LogP contribution in [0.4, 0.5) is 0 Å². The Kier molecular flexibility index (Phi) is 5.59. The molecule has 1 heterocycles. The van der Waals surface area contributed by atoms with Gasteiger partial charge in [-0.15, -0.1) is 0 Å². The third-order valence-electron chi connectivity index (χ3n) is 5.13. The molecule has 156 valence electrons. The van der Waals surface area contributed by atoms with E-state index in [1.807, 2.05) is 78.9 Å². The number of rotatable bonds is 6. The van der Waals surface area contributed by atoms with Gasteiger partial charge < -0.3 is 4.74 Å². The molecule has 0 spiro atoms. The topological polar surface area (TPSA) is 55.2 Å². The number of fused-ring (bicyclic) bond motifs is 1. The van der Waals surface area contributed by atoms with Gasteiger partial charge >= 0.3 is 0 Å². The minimum atomic E-state index is 0.437. The Morgan fingerprint density at radius 2 is 1.62 bits per heavy atom. The number of ether oxygens (including phenoxy) is 1. The zero-order valence-corrected chi connectivity index (χ0v) is 18.0. The van der Waals surface area contributed by atoms with Crippen molar-refractivity contribution < 1.29 is 4.74 Å². The number of aromatic amines is 1. The zero-order valence-electron chi connectivity index (χ0n) is 17.2. The quantitative estimate of drug-likeness (QED) is 0.254. The molecule has 0 fully saturated rings. The SMILES string of the molecule is S=c1[nH]nc(-c2cccc3ccccc23)n1/N=C/c1ccc(OCc2ccccc2)cc1. The molecule has 0 unspecified atom stereocenters. The monoisotopic (exact) mass is 436 g/mol. The van der Waals surface area contributed by atoms with Crippen molar-refractivity contribution in [1.29, 1.82) is 0 Å². The van der Waals surface area contributed by atoms with Crippen molar-refractivity contribution in [3.8, 4) is 17.1 Å². The predicted molar refractivity (Wildman–Crippen MR) is 131 cm³/mol. The second-order valence-corrected chi connectivity index (χ2v) is 7.67. The third kappa shape index (κ3) is 4.22. The molecule has 1 aromatic heterocycles. The highest BCUT2D eigenvalue weighted by Gasteiger charge is 2.11. The van der Waals surface area contributed by atoms with Crippen LogP contribution in [0.5, 0.6) is 5.75 Å². The lowest BCUT2D eigenvalue weighted by Crippen LogP contribution is -1.97. The Labute approximate surface area is 190 Å². The molecule has 6 heteroatoms. The lowest BCUT2D eigenvalue weighted by molar-refractivity contribution is 0.306. The van der Waals surface area contributed by atoms with Gasteiger partial charge in [0.05, 0.1) is 6.21 Å². The molecule has 0 aliphatic carbocycles. The molecule has 0 bridgehead atoms. The average molecular weight is 437 g/mol. The van der Waals surface area contributed by atoms with Gasteiger partial charge in [0.15, 0.2) is 5.82 Å². The number of H-pyrrole nitrogens is 1. The van der Waals surface area contributed by atoms with Crippen LogP contribution >= 0.6 is 12.2 Å². The molecule has 0 aliphatic heterocycles. The lowest BCUT2D eigenvalue weighted by atomic mass is 10.0. The van der Waals surface area contributed by atoms with E-state index in [0.29, 0.717) is 17.2 Å². The number of hydrogen-bond acceptors (Lipinski definition) is 4. The summed E-state index contributed by atoms with van der Waals surface area (Å²) < 4.78 is 7.94. The van der Waals surface area contributed by atoms with E-state index in [1.165, 1.54) is 0 Å². The number of nitrogens with zero attached hydrogens (tertiary/aromatic N) is 3. The minimum absolute atomic E-state index is 0.437. The van der Waals surface area contributed by atoms with Gasteiger partial charge in [-0.1, -0.05) is 72.8 Å². The summed E-state index contributed by atoms with van der Waals surface area (Å²) in [5, 5.41) is 14.1. The summed E-state index contributed by atoms with van der Waals surface area (Å²) in [6, 6.07) is 32.2. The van der Waals surface area contributed by atoms with Crippen LogP contribution in [0.15, 0.2) is 102 Å². The Hall–Kier alpha value is -4.03. The van der Waals surface area contributed by atoms with Gasteiger partial charge in [-0.05, 0) is 58.4 Å². The highest BCUT2D eigenvalue weighted by atomic mass is 32.1. The third-order valence-corrected chi connectivity index (χ3v) is 5.40. The van der Waals surface area contributed by atoms with E-state index in [1.54, 1.807) is 10.9 Å². The Bertz CT molecular complexity index is 1430. The Balaban J connectivity index is 1.37. The van der Waals surface area contributed by atoms with Gasteiger partial charge in [-0.2, -0.15) is 14.9 Å². The molecule has 0 aliphatic rings. The summed E-state index contributed by atoms with van der Waals surface area (Å²) in [7, 11) is 0. The highest BCUT2D eigenvalue weighted by Crippen LogP contribution is 2.27. The van der Waals surface area contributed by atoms with E-state index < -0.39 is 0 Å². The van der Waals surface area contributed by atoms with Crippen LogP contribution in [-0.2, 0) is 6.61 Å². The van der Waals surface area contributed by atoms with E-state index in [9.17, 15) is 0 Å². The molecule has 0 saturated heterocycles. The summed E-state index contributed by atoms with van der Waals surface area (Å²) in [4.78, 5) is 0. The summed E-state index contributed by atoms with van der Waals surface area (Å²) >= 11 is 5.42. The second-order valence-electron chi connectivity index (χ2n) is 7.28. The van der Waals surface area contributed by atoms with Crippen LogP contribution in [0, 0.1) is 4.77 Å². The number of nitrogens with one attached hydrogen (secondary N) is 1. The molecular formula is C26H20N4OS. The van der Waals surface area contributed by atoms with Crippen molar-refractivity contribution in [2.24, 2.45) is 5.10 Å². The van der Waals surface area contributed by atoms with Crippen LogP contribution in [-0.4, -0.2) is 21.1 Å². The van der Waals surface area contributed by atoms with E-state index in [0.717, 1.165) is 33.2 Å². The van der Waals surface area contributed by atoms with Gasteiger partial charge in [-0.3, -0.25) is 0 Å². The Morgan fingerprint density at radius 3 is 2.47 bits per heavy atom. The van der Waals surface area contributed by atoms with Crippen molar-refractivity contribution in [1.82, 2.24) is 14.9 Å². The normalized spacial score (nSPS) is 11.2. The largest absolute Gasteiger partial charge is 0.489 e. The summed E-state index contributed by atoms with van der Waals surface area (Å²) in [6.07, 6.45) is 1.76. The molecule has 1 N–H and O–H groups in total. The Morgan fingerprint density at radius 1 is 0.875 bits per heavy atom. The van der Waals surface area contributed by atoms with Crippen LogP contribution in [0.2, 0.25) is 0 Å². The summed E-state index contributed by atoms with van der Waals surface area (Å²) in [6.45, 7) is 0.535. The van der Waals surface area contributed by atoms with Gasteiger partial charge in [0.2, 0.25) is 4.77 Å². The zero-order chi connectivity index (χ0) is 21.8. The summed E-state index contributed by atoms with van der Waals surface area (Å²) in [5.74, 6) is 1.48. The van der Waals surface area contributed by atoms with Gasteiger partial charge in [0, 0.05) is 5.56 Å². The van der Waals surface area contributed by atoms with Crippen molar-refractivity contribution in [2.75, 3.05) is 0 Å². The van der Waals surface area contributed by atoms with Gasteiger partial charge in [0.1, 0.15) is 12.4 Å². The van der Waals surface area contributed by atoms with E-state index in [-0.39, 0.29) is 0 Å². The smallest absolute Gasteiger partial charge is 0.216 e. The van der Waals surface area contributed by atoms with Crippen molar-refractivity contribution >= 4 is 29.2 Å². The van der Waals surface area contributed by atoms with Crippen LogP contribution < -0.4 is 4.74 Å². The molecule has 5 aromatic rings. The fraction of sp³-hybridized carbons (Fsp3) is 0.0385. The highest BCUT2D eigenvalue weighted by molar-refractivity contribution is 7.71. The van der Waals surface area contributed by atoms with Crippen molar-refractivity contribution in [3.63, 3.8) is 0 Å². The molecule has 0 radical (unpaired) electrons. The van der Waals surface area contributed by atoms with Gasteiger partial charge in [-0.25, -0.2) is 5.10 Å². The number of aromatic nitrogens is 3. The molecule has 4 aromatic carbocycles. The van der Waals surface area contributed by atoms with Crippen molar-refractivity contribution in [3.05, 3.63) is 113 Å². The first kappa shape index (κ1) is 19.9. The van der Waals surface area contributed by atoms with Crippen LogP contribution in [0.3, 0.4) is 0 Å². The first-order valence-corrected chi connectivity index (χ1v) is 10.7. The molecule has 32 heavy (non-hydrogen) atoms. The maximum absolute atomic E-state index is 5.85. The lowest BCUT2D eigenvalue weighted by Gasteiger charge is -2.07. The molecule has 0 saturated carbocycles. The maximum Gasteiger partial charge on any atom is 0.216 e. The predicted octanol–water partition coefficient (Wildman–Crippen LogP) is 6.22. The molecule has 0 amide bonds. The van der Waals surface area contributed by atoms with Crippen molar-refractivity contribution in [2.45, 2.75) is 6.61 Å². The van der Waals surface area contributed by atoms with Crippen LogP contribution in [0.1, 0.15) is 11.1 Å². The summed E-state index contributed by atoms with van der Waals surface area (Å²) in [5.41, 5.74) is 3.04. The first-order chi connectivity index (χ1) is 15.8.